The summed E-state index contributed by atoms with van der Waals surface area (Å²) in [6, 6.07) is 13.9. The van der Waals surface area contributed by atoms with Crippen LogP contribution >= 0.6 is 0 Å². The Morgan fingerprint density at radius 1 is 1.05 bits per heavy atom. The van der Waals surface area contributed by atoms with Gasteiger partial charge in [-0.3, -0.25) is 9.13 Å². The summed E-state index contributed by atoms with van der Waals surface area (Å²) < 4.78 is 18.8. The van der Waals surface area contributed by atoms with E-state index in [1.165, 1.54) is 20.0 Å². The number of hydrogen-bond acceptors (Lipinski definition) is 8. The molecule has 11 heteroatoms. The minimum absolute atomic E-state index is 0.0228. The minimum Gasteiger partial charge on any atom is -0.486 e. The number of fused-ring (bicyclic) bond motifs is 2. The van der Waals surface area contributed by atoms with Crippen LogP contribution in [0.25, 0.3) is 22.3 Å². The highest BCUT2D eigenvalue weighted by atomic mass is 16.6. The molecule has 4 aromatic rings. The number of imidazole rings is 1. The van der Waals surface area contributed by atoms with Gasteiger partial charge in [-0.05, 0) is 43.2 Å². The topological polar surface area (TPSA) is 136 Å². The molecule has 3 N–H and O–H groups in total. The SMILES string of the molecule is COC(N)=O.Cn1c(=O)n(C2CCCC2)c2cc(Nc3cccc(-c4ccc5c(c4)OCCO5)n3)ncc21. The first-order valence-corrected chi connectivity index (χ1v) is 12.5. The van der Waals surface area contributed by atoms with Crippen LogP contribution in [-0.4, -0.2) is 45.5 Å². The monoisotopic (exact) mass is 518 g/mol. The minimum atomic E-state index is -0.745. The van der Waals surface area contributed by atoms with E-state index in [0.717, 1.165) is 46.6 Å². The number of anilines is 2. The van der Waals surface area contributed by atoms with Crippen molar-refractivity contribution in [3.05, 3.63) is 59.1 Å². The summed E-state index contributed by atoms with van der Waals surface area (Å²) in [4.78, 5) is 31.6. The Morgan fingerprint density at radius 2 is 1.79 bits per heavy atom. The molecule has 1 aliphatic heterocycles. The number of rotatable bonds is 4. The van der Waals surface area contributed by atoms with Crippen molar-refractivity contribution in [3.63, 3.8) is 0 Å². The average molecular weight is 519 g/mol. The van der Waals surface area contributed by atoms with Crippen molar-refractivity contribution in [3.8, 4) is 22.8 Å². The quantitative estimate of drug-likeness (QED) is 0.412. The van der Waals surface area contributed by atoms with Crippen LogP contribution in [0.4, 0.5) is 16.4 Å². The lowest BCUT2D eigenvalue weighted by molar-refractivity contribution is 0.171. The van der Waals surface area contributed by atoms with Crippen LogP contribution in [0.3, 0.4) is 0 Å². The molecule has 1 aliphatic carbocycles. The number of methoxy groups -OCH3 is 1. The van der Waals surface area contributed by atoms with Gasteiger partial charge in [0.2, 0.25) is 0 Å². The summed E-state index contributed by atoms with van der Waals surface area (Å²) in [6.45, 7) is 1.11. The lowest BCUT2D eigenvalue weighted by atomic mass is 10.1. The third-order valence-electron chi connectivity index (χ3n) is 6.71. The molecule has 1 aromatic carbocycles. The van der Waals surface area contributed by atoms with E-state index in [1.807, 2.05) is 54.1 Å². The number of hydrogen-bond donors (Lipinski definition) is 2. The highest BCUT2D eigenvalue weighted by Gasteiger charge is 2.23. The summed E-state index contributed by atoms with van der Waals surface area (Å²) in [5.74, 6) is 2.83. The van der Waals surface area contributed by atoms with Crippen molar-refractivity contribution in [1.82, 2.24) is 19.1 Å². The zero-order chi connectivity index (χ0) is 26.6. The molecule has 0 unspecified atom stereocenters. The summed E-state index contributed by atoms with van der Waals surface area (Å²) >= 11 is 0. The number of pyridine rings is 2. The van der Waals surface area contributed by atoms with Crippen LogP contribution in [0.5, 0.6) is 11.5 Å². The molecular weight excluding hydrogens is 488 g/mol. The molecule has 3 aromatic heterocycles. The maximum absolute atomic E-state index is 12.9. The Morgan fingerprint density at radius 3 is 2.53 bits per heavy atom. The molecule has 0 bridgehead atoms. The number of aromatic nitrogens is 4. The summed E-state index contributed by atoms with van der Waals surface area (Å²) in [5.41, 5.74) is 7.98. The van der Waals surface area contributed by atoms with E-state index >= 15 is 0 Å². The van der Waals surface area contributed by atoms with Gasteiger partial charge in [0.25, 0.3) is 0 Å². The third-order valence-corrected chi connectivity index (χ3v) is 6.71. The predicted molar refractivity (Wildman–Crippen MR) is 143 cm³/mol. The molecule has 0 radical (unpaired) electrons. The first kappa shape index (κ1) is 25.1. The molecule has 0 spiro atoms. The van der Waals surface area contributed by atoms with E-state index in [9.17, 15) is 9.59 Å². The number of benzene rings is 1. The summed E-state index contributed by atoms with van der Waals surface area (Å²) in [6.07, 6.45) is 5.44. The van der Waals surface area contributed by atoms with Gasteiger partial charge < -0.3 is 25.3 Å². The Balaban J connectivity index is 0.000000540. The second-order valence-electron chi connectivity index (χ2n) is 9.12. The van der Waals surface area contributed by atoms with Gasteiger partial charge in [-0.25, -0.2) is 19.6 Å². The molecule has 4 heterocycles. The Kier molecular flexibility index (Phi) is 7.16. The molecule has 1 amide bonds. The van der Waals surface area contributed by atoms with Gasteiger partial charge in [0, 0.05) is 24.7 Å². The van der Waals surface area contributed by atoms with Crippen molar-refractivity contribution in [2.45, 2.75) is 31.7 Å². The van der Waals surface area contributed by atoms with Gasteiger partial charge >= 0.3 is 11.8 Å². The van der Waals surface area contributed by atoms with E-state index in [-0.39, 0.29) is 11.7 Å². The largest absolute Gasteiger partial charge is 0.486 e. The second-order valence-corrected chi connectivity index (χ2v) is 9.12. The molecule has 6 rings (SSSR count). The van der Waals surface area contributed by atoms with Crippen LogP contribution in [0.2, 0.25) is 0 Å². The van der Waals surface area contributed by atoms with E-state index < -0.39 is 6.09 Å². The molecule has 0 saturated heterocycles. The normalized spacial score (nSPS) is 14.6. The third kappa shape index (κ3) is 5.13. The average Bonchev–Trinajstić information content (AvgIpc) is 3.55. The van der Waals surface area contributed by atoms with Crippen molar-refractivity contribution in [2.75, 3.05) is 25.6 Å². The highest BCUT2D eigenvalue weighted by Crippen LogP contribution is 2.35. The molecule has 0 atom stereocenters. The molecule has 1 saturated carbocycles. The predicted octanol–water partition coefficient (Wildman–Crippen LogP) is 4.14. The van der Waals surface area contributed by atoms with E-state index in [2.05, 4.69) is 20.8 Å². The first-order chi connectivity index (χ1) is 18.4. The van der Waals surface area contributed by atoms with Gasteiger partial charge in [-0.1, -0.05) is 18.9 Å². The van der Waals surface area contributed by atoms with Crippen molar-refractivity contribution in [2.24, 2.45) is 12.8 Å². The fraction of sp³-hybridized carbons (Fsp3) is 0.333. The van der Waals surface area contributed by atoms with Crippen LogP contribution in [-0.2, 0) is 11.8 Å². The zero-order valence-corrected chi connectivity index (χ0v) is 21.3. The summed E-state index contributed by atoms with van der Waals surface area (Å²) in [5, 5.41) is 3.31. The van der Waals surface area contributed by atoms with Gasteiger partial charge in [0.05, 0.1) is 30.0 Å². The van der Waals surface area contributed by atoms with Gasteiger partial charge in [0.15, 0.2) is 11.5 Å². The zero-order valence-electron chi connectivity index (χ0n) is 21.3. The van der Waals surface area contributed by atoms with Gasteiger partial charge in [-0.15, -0.1) is 0 Å². The van der Waals surface area contributed by atoms with Crippen LogP contribution in [0.1, 0.15) is 31.7 Å². The molecule has 198 valence electrons. The number of amides is 1. The van der Waals surface area contributed by atoms with Gasteiger partial charge in [-0.2, -0.15) is 0 Å². The van der Waals surface area contributed by atoms with E-state index in [0.29, 0.717) is 24.8 Å². The van der Waals surface area contributed by atoms with Crippen LogP contribution in [0.15, 0.2) is 53.5 Å². The molecule has 1 fully saturated rings. The number of ether oxygens (including phenoxy) is 3. The van der Waals surface area contributed by atoms with Crippen LogP contribution in [0, 0.1) is 0 Å². The number of carbonyl (C=O) groups is 1. The highest BCUT2D eigenvalue weighted by molar-refractivity contribution is 5.79. The Hall–Kier alpha value is -4.54. The maximum atomic E-state index is 12.9. The Labute approximate surface area is 219 Å². The number of nitrogens with one attached hydrogen (secondary N) is 1. The van der Waals surface area contributed by atoms with Crippen molar-refractivity contribution >= 4 is 28.8 Å². The number of nitrogens with zero attached hydrogens (tertiary/aromatic N) is 4. The first-order valence-electron chi connectivity index (χ1n) is 12.5. The fourth-order valence-corrected chi connectivity index (χ4v) is 4.84. The number of carbonyl (C=O) groups excluding carboxylic acids is 1. The number of aryl methyl sites for hydroxylation is 1. The second kappa shape index (κ2) is 10.8. The van der Waals surface area contributed by atoms with Crippen molar-refractivity contribution < 1.29 is 19.0 Å². The van der Waals surface area contributed by atoms with E-state index in [1.54, 1.807) is 10.8 Å². The van der Waals surface area contributed by atoms with E-state index in [4.69, 9.17) is 14.5 Å². The lowest BCUT2D eigenvalue weighted by Gasteiger charge is -2.18. The smallest absolute Gasteiger partial charge is 0.404 e. The van der Waals surface area contributed by atoms with Crippen molar-refractivity contribution in [1.29, 1.82) is 0 Å². The standard InChI is InChI=1S/C25H25N5O3.C2H5NO2/c1-29-20-15-26-24(14-19(20)30(25(29)31)17-5-2-3-6-17)28-23-8-4-7-18(27-23)16-9-10-21-22(13-16)33-12-11-32-21;1-5-2(3)4/h4,7-10,13-15,17H,2-3,5-6,11-12H2,1H3,(H,26,27,28);1H3,(H2,3,4). The molecule has 2 aliphatic rings. The number of nitrogens with two attached hydrogens (primary N) is 1. The molecule has 11 nitrogen and oxygen atoms in total. The molecular formula is C27H30N6O5. The fourth-order valence-electron chi connectivity index (χ4n) is 4.84. The van der Waals surface area contributed by atoms with Gasteiger partial charge in [0.1, 0.15) is 24.8 Å². The Bertz CT molecular complexity index is 1520. The number of primary amides is 1. The molecule has 38 heavy (non-hydrogen) atoms. The summed E-state index contributed by atoms with van der Waals surface area (Å²) in [7, 11) is 3.03. The maximum Gasteiger partial charge on any atom is 0.404 e. The lowest BCUT2D eigenvalue weighted by Crippen LogP contribution is -2.24. The van der Waals surface area contributed by atoms with Crippen LogP contribution < -0.4 is 26.2 Å².